The van der Waals surface area contributed by atoms with Crippen molar-refractivity contribution in [3.8, 4) is 11.4 Å². The van der Waals surface area contributed by atoms with Gasteiger partial charge in [-0.3, -0.25) is 5.43 Å². The van der Waals surface area contributed by atoms with Crippen LogP contribution >= 0.6 is 12.2 Å². The Hall–Kier alpha value is -2.60. The molecule has 132 valence electrons. The van der Waals surface area contributed by atoms with Crippen LogP contribution in [0.5, 0.6) is 5.75 Å². The van der Waals surface area contributed by atoms with Gasteiger partial charge in [-0.2, -0.15) is 5.10 Å². The Morgan fingerprint density at radius 1 is 1.32 bits per heavy atom. The van der Waals surface area contributed by atoms with Crippen molar-refractivity contribution in [2.75, 3.05) is 13.2 Å². The lowest BCUT2D eigenvalue weighted by Gasteiger charge is -2.11. The molecular weight excluding hydrogens is 332 g/mol. The molecule has 2 N–H and O–H groups in total. The Kier molecular flexibility index (Phi) is 6.77. The Bertz CT molecular complexity index is 762. The van der Waals surface area contributed by atoms with E-state index in [2.05, 4.69) is 59.0 Å². The summed E-state index contributed by atoms with van der Waals surface area (Å²) in [7, 11) is 0. The summed E-state index contributed by atoms with van der Waals surface area (Å²) < 4.78 is 7.69. The lowest BCUT2D eigenvalue weighted by Crippen LogP contribution is -2.31. The number of aromatic nitrogens is 1. The van der Waals surface area contributed by atoms with Crippen molar-refractivity contribution in [2.24, 2.45) is 5.10 Å². The van der Waals surface area contributed by atoms with Crippen molar-refractivity contribution in [1.29, 1.82) is 0 Å². The molecule has 6 heteroatoms. The molecule has 0 fully saturated rings. The third kappa shape index (κ3) is 4.93. The fraction of sp³-hybridized carbons (Fsp3) is 0.263. The number of hydrogen-bond donors (Lipinski definition) is 2. The fourth-order valence-electron chi connectivity index (χ4n) is 2.54. The first-order chi connectivity index (χ1) is 12.1. The zero-order valence-corrected chi connectivity index (χ0v) is 15.7. The van der Waals surface area contributed by atoms with Gasteiger partial charge in [0.2, 0.25) is 0 Å². The van der Waals surface area contributed by atoms with Crippen LogP contribution in [0.3, 0.4) is 0 Å². The van der Waals surface area contributed by atoms with Gasteiger partial charge in [-0.15, -0.1) is 6.58 Å². The molecule has 1 aromatic carbocycles. The van der Waals surface area contributed by atoms with Gasteiger partial charge in [0, 0.05) is 29.2 Å². The minimum absolute atomic E-state index is 0.469. The zero-order chi connectivity index (χ0) is 18.2. The van der Waals surface area contributed by atoms with Crippen molar-refractivity contribution in [3.05, 3.63) is 59.9 Å². The standard InChI is InChI=1S/C19H24N4OS/c1-5-11-20-19(25)22-21-13-16-12-14(3)23(15(16)4)17-7-9-18(10-8-17)24-6-2/h5,7-10,12-13H,1,6,11H2,2-4H3,(H2,20,22,25). The van der Waals surface area contributed by atoms with Gasteiger partial charge in [-0.25, -0.2) is 0 Å². The van der Waals surface area contributed by atoms with E-state index in [1.54, 1.807) is 12.3 Å². The van der Waals surface area contributed by atoms with Crippen LogP contribution in [0.1, 0.15) is 23.9 Å². The molecule has 25 heavy (non-hydrogen) atoms. The van der Waals surface area contributed by atoms with Gasteiger partial charge in [0.1, 0.15) is 5.75 Å². The lowest BCUT2D eigenvalue weighted by atomic mass is 10.2. The van der Waals surface area contributed by atoms with Gasteiger partial charge in [-0.05, 0) is 63.3 Å². The van der Waals surface area contributed by atoms with Gasteiger partial charge in [0.05, 0.1) is 12.8 Å². The normalized spacial score (nSPS) is 10.7. The molecule has 0 aliphatic carbocycles. The monoisotopic (exact) mass is 356 g/mol. The molecule has 2 rings (SSSR count). The van der Waals surface area contributed by atoms with E-state index in [0.717, 1.165) is 28.4 Å². The van der Waals surface area contributed by atoms with Crippen LogP contribution in [-0.2, 0) is 0 Å². The fourth-order valence-corrected chi connectivity index (χ4v) is 2.67. The van der Waals surface area contributed by atoms with Crippen LogP contribution in [0.2, 0.25) is 0 Å². The van der Waals surface area contributed by atoms with E-state index in [-0.39, 0.29) is 0 Å². The molecular formula is C19H24N4OS. The van der Waals surface area contributed by atoms with E-state index in [9.17, 15) is 0 Å². The topological polar surface area (TPSA) is 50.6 Å². The first-order valence-electron chi connectivity index (χ1n) is 8.16. The van der Waals surface area contributed by atoms with Crippen LogP contribution < -0.4 is 15.5 Å². The van der Waals surface area contributed by atoms with Gasteiger partial charge in [0.25, 0.3) is 0 Å². The molecule has 1 aromatic heterocycles. The van der Waals surface area contributed by atoms with Crippen LogP contribution in [-0.4, -0.2) is 29.0 Å². The summed E-state index contributed by atoms with van der Waals surface area (Å²) in [5.41, 5.74) is 7.17. The van der Waals surface area contributed by atoms with Gasteiger partial charge < -0.3 is 14.6 Å². The van der Waals surface area contributed by atoms with Gasteiger partial charge in [-0.1, -0.05) is 6.08 Å². The Balaban J connectivity index is 2.14. The summed E-state index contributed by atoms with van der Waals surface area (Å²) in [5.74, 6) is 0.875. The Labute approximate surface area is 154 Å². The maximum absolute atomic E-state index is 5.50. The first kappa shape index (κ1) is 18.7. The van der Waals surface area contributed by atoms with Gasteiger partial charge >= 0.3 is 0 Å². The Morgan fingerprint density at radius 3 is 2.68 bits per heavy atom. The van der Waals surface area contributed by atoms with Crippen molar-refractivity contribution in [2.45, 2.75) is 20.8 Å². The third-order valence-electron chi connectivity index (χ3n) is 3.65. The molecule has 0 saturated heterocycles. The highest BCUT2D eigenvalue weighted by molar-refractivity contribution is 7.80. The number of hydrazone groups is 1. The predicted octanol–water partition coefficient (Wildman–Crippen LogP) is 3.48. The number of ether oxygens (including phenoxy) is 1. The largest absolute Gasteiger partial charge is 0.494 e. The highest BCUT2D eigenvalue weighted by atomic mass is 32.1. The first-order valence-corrected chi connectivity index (χ1v) is 8.57. The number of nitrogens with zero attached hydrogens (tertiary/aromatic N) is 2. The molecule has 0 bridgehead atoms. The molecule has 0 unspecified atom stereocenters. The minimum atomic E-state index is 0.469. The van der Waals surface area contributed by atoms with Crippen molar-refractivity contribution >= 4 is 23.5 Å². The average molecular weight is 356 g/mol. The highest BCUT2D eigenvalue weighted by Crippen LogP contribution is 2.22. The van der Waals surface area contributed by atoms with Crippen LogP contribution in [0.15, 0.2) is 48.1 Å². The summed E-state index contributed by atoms with van der Waals surface area (Å²) in [5, 5.41) is 7.63. The smallest absolute Gasteiger partial charge is 0.187 e. The van der Waals surface area contributed by atoms with E-state index < -0.39 is 0 Å². The van der Waals surface area contributed by atoms with Crippen molar-refractivity contribution in [1.82, 2.24) is 15.3 Å². The van der Waals surface area contributed by atoms with E-state index in [1.165, 1.54) is 0 Å². The molecule has 0 spiro atoms. The second-order valence-corrected chi connectivity index (χ2v) is 5.87. The molecule has 0 aliphatic rings. The van der Waals surface area contributed by atoms with E-state index in [4.69, 9.17) is 17.0 Å². The summed E-state index contributed by atoms with van der Waals surface area (Å²) >= 11 is 5.11. The summed E-state index contributed by atoms with van der Waals surface area (Å²) in [4.78, 5) is 0. The maximum Gasteiger partial charge on any atom is 0.187 e. The number of hydrogen-bond acceptors (Lipinski definition) is 3. The maximum atomic E-state index is 5.50. The molecule has 0 atom stereocenters. The number of nitrogens with one attached hydrogen (secondary N) is 2. The third-order valence-corrected chi connectivity index (χ3v) is 3.89. The molecule has 0 radical (unpaired) electrons. The number of thiocarbonyl (C=S) groups is 1. The molecule has 0 amide bonds. The molecule has 0 aliphatic heterocycles. The minimum Gasteiger partial charge on any atom is -0.494 e. The molecule has 0 saturated carbocycles. The predicted molar refractivity (Wildman–Crippen MR) is 108 cm³/mol. The molecule has 5 nitrogen and oxygen atoms in total. The van der Waals surface area contributed by atoms with Crippen molar-refractivity contribution < 1.29 is 4.74 Å². The van der Waals surface area contributed by atoms with E-state index >= 15 is 0 Å². The van der Waals surface area contributed by atoms with E-state index in [1.807, 2.05) is 19.1 Å². The quantitative estimate of drug-likeness (QED) is 0.345. The molecule has 2 aromatic rings. The second kappa shape index (κ2) is 9.03. The van der Waals surface area contributed by atoms with Crippen LogP contribution in [0.25, 0.3) is 5.69 Å². The lowest BCUT2D eigenvalue weighted by molar-refractivity contribution is 0.340. The number of aryl methyl sites for hydroxylation is 1. The van der Waals surface area contributed by atoms with Crippen LogP contribution in [0, 0.1) is 13.8 Å². The summed E-state index contributed by atoms with van der Waals surface area (Å²) in [6.45, 7) is 11.0. The SMILES string of the molecule is C=CCNC(=S)NN=Cc1cc(C)n(-c2ccc(OCC)cc2)c1C. The average Bonchev–Trinajstić information content (AvgIpc) is 2.88. The highest BCUT2D eigenvalue weighted by Gasteiger charge is 2.09. The van der Waals surface area contributed by atoms with Crippen molar-refractivity contribution in [3.63, 3.8) is 0 Å². The van der Waals surface area contributed by atoms with E-state index in [0.29, 0.717) is 18.3 Å². The number of rotatable bonds is 7. The number of benzene rings is 1. The second-order valence-electron chi connectivity index (χ2n) is 5.46. The summed E-state index contributed by atoms with van der Waals surface area (Å²) in [6.07, 6.45) is 3.51. The molecule has 1 heterocycles. The summed E-state index contributed by atoms with van der Waals surface area (Å²) in [6, 6.07) is 10.2. The zero-order valence-electron chi connectivity index (χ0n) is 14.9. The Morgan fingerprint density at radius 2 is 2.04 bits per heavy atom. The van der Waals surface area contributed by atoms with Crippen LogP contribution in [0.4, 0.5) is 0 Å². The van der Waals surface area contributed by atoms with Gasteiger partial charge in [0.15, 0.2) is 5.11 Å².